The zero-order valence-corrected chi connectivity index (χ0v) is 21.3. The van der Waals surface area contributed by atoms with Gasteiger partial charge in [-0.15, -0.1) is 5.10 Å². The molecular formula is C29H22ClN6O3+. The molecule has 0 aliphatic carbocycles. The molecule has 1 aliphatic heterocycles. The Morgan fingerprint density at radius 2 is 1.90 bits per heavy atom. The number of hydrogen-bond donors (Lipinski definition) is 2. The van der Waals surface area contributed by atoms with Gasteiger partial charge in [0.1, 0.15) is 6.33 Å². The molecule has 10 heteroatoms. The van der Waals surface area contributed by atoms with E-state index in [0.717, 1.165) is 32.7 Å². The molecule has 2 aromatic heterocycles. The summed E-state index contributed by atoms with van der Waals surface area (Å²) in [7, 11) is 0. The Hall–Kier alpha value is -4.89. The predicted molar refractivity (Wildman–Crippen MR) is 144 cm³/mol. The number of halogens is 1. The second-order valence-corrected chi connectivity index (χ2v) is 9.71. The average molecular weight is 538 g/mol. The molecule has 192 valence electrons. The van der Waals surface area contributed by atoms with E-state index in [2.05, 4.69) is 15.5 Å². The molecule has 1 atom stereocenters. The van der Waals surface area contributed by atoms with E-state index in [4.69, 9.17) is 16.6 Å². The molecule has 0 radical (unpaired) electrons. The molecule has 0 unspecified atom stereocenters. The summed E-state index contributed by atoms with van der Waals surface area (Å²) in [5.41, 5.74) is 6.57. The molecule has 0 fully saturated rings. The van der Waals surface area contributed by atoms with Gasteiger partial charge in [0.2, 0.25) is 11.9 Å². The van der Waals surface area contributed by atoms with Crippen LogP contribution in [0.15, 0.2) is 96.4 Å². The molecule has 0 amide bonds. The van der Waals surface area contributed by atoms with E-state index in [0.29, 0.717) is 34.9 Å². The number of tetrazole rings is 1. The molecule has 5 aromatic rings. The van der Waals surface area contributed by atoms with Gasteiger partial charge in [-0.3, -0.25) is 10.2 Å². The normalized spacial score (nSPS) is 13.1. The lowest BCUT2D eigenvalue weighted by atomic mass is 9.88. The van der Waals surface area contributed by atoms with Gasteiger partial charge >= 0.3 is 5.97 Å². The maximum absolute atomic E-state index is 11.5. The largest absolute Gasteiger partial charge is 0.478 e. The van der Waals surface area contributed by atoms with E-state index >= 15 is 0 Å². The molecule has 39 heavy (non-hydrogen) atoms. The van der Waals surface area contributed by atoms with E-state index in [9.17, 15) is 15.1 Å². The summed E-state index contributed by atoms with van der Waals surface area (Å²) in [5, 5.41) is 32.7. The zero-order chi connectivity index (χ0) is 26.9. The third-order valence-electron chi connectivity index (χ3n) is 6.83. The highest BCUT2D eigenvalue weighted by Gasteiger charge is 2.32. The number of benzene rings is 3. The lowest BCUT2D eigenvalue weighted by molar-refractivity contribution is -0.909. The van der Waals surface area contributed by atoms with Crippen LogP contribution in [0.5, 0.6) is 0 Å². The van der Waals surface area contributed by atoms with E-state index in [1.54, 1.807) is 30.5 Å². The molecule has 0 spiro atoms. The van der Waals surface area contributed by atoms with Crippen LogP contribution in [0.2, 0.25) is 5.02 Å². The number of nitrogens with zero attached hydrogens (tertiary/aromatic N) is 6. The van der Waals surface area contributed by atoms with Gasteiger partial charge in [0.15, 0.2) is 0 Å². The van der Waals surface area contributed by atoms with E-state index in [1.807, 2.05) is 54.6 Å². The summed E-state index contributed by atoms with van der Waals surface area (Å²) in [6, 6.07) is 24.2. The maximum Gasteiger partial charge on any atom is 0.335 e. The Morgan fingerprint density at radius 3 is 2.64 bits per heavy atom. The molecular weight excluding hydrogens is 516 g/mol. The number of aromatic carboxylic acids is 1. The molecule has 2 N–H and O–H groups in total. The lowest BCUT2D eigenvalue weighted by Crippen LogP contribution is -2.39. The summed E-state index contributed by atoms with van der Waals surface area (Å²) < 4.78 is 2.66. The highest BCUT2D eigenvalue weighted by molar-refractivity contribution is 6.31. The van der Waals surface area contributed by atoms with Gasteiger partial charge in [0, 0.05) is 33.5 Å². The van der Waals surface area contributed by atoms with Crippen LogP contribution in [0, 0.1) is 0 Å². The second kappa shape index (κ2) is 10.1. The van der Waals surface area contributed by atoms with Crippen molar-refractivity contribution >= 4 is 29.0 Å². The second-order valence-electron chi connectivity index (χ2n) is 9.27. The van der Waals surface area contributed by atoms with Gasteiger partial charge in [0.05, 0.1) is 28.4 Å². The van der Waals surface area contributed by atoms with Crippen molar-refractivity contribution in [2.45, 2.75) is 18.8 Å². The Labute approximate surface area is 228 Å². The Bertz CT molecular complexity index is 1720. The van der Waals surface area contributed by atoms with Crippen molar-refractivity contribution in [2.24, 2.45) is 4.99 Å². The molecule has 0 saturated carbocycles. The summed E-state index contributed by atoms with van der Waals surface area (Å²) in [5.74, 6) is -1.25. The van der Waals surface area contributed by atoms with Crippen LogP contribution in [0.1, 0.15) is 33.1 Å². The third-order valence-corrected chi connectivity index (χ3v) is 7.07. The number of hydrogen-bond acceptors (Lipinski definition) is 6. The molecule has 3 aromatic carbocycles. The number of carboxylic acids is 1. The average Bonchev–Trinajstić information content (AvgIpc) is 3.62. The summed E-state index contributed by atoms with van der Waals surface area (Å²) in [6.45, 7) is 0. The van der Waals surface area contributed by atoms with Crippen LogP contribution in [-0.2, 0) is 12.8 Å². The van der Waals surface area contributed by atoms with Crippen molar-refractivity contribution in [3.8, 4) is 16.8 Å². The lowest BCUT2D eigenvalue weighted by Gasteiger charge is -2.15. The first-order chi connectivity index (χ1) is 19.0. The molecule has 9 nitrogen and oxygen atoms in total. The minimum atomic E-state index is -0.992. The fourth-order valence-electron chi connectivity index (χ4n) is 4.93. The van der Waals surface area contributed by atoms with Crippen molar-refractivity contribution in [3.63, 3.8) is 0 Å². The predicted octanol–water partition coefficient (Wildman–Crippen LogP) is 4.86. The number of rotatable bonds is 7. The Balaban J connectivity index is 1.41. The number of fused-ring (bicyclic) bond motifs is 1. The van der Waals surface area contributed by atoms with Gasteiger partial charge in [0.25, 0.3) is 0 Å². The molecule has 0 bridgehead atoms. The topological polar surface area (TPSA) is 117 Å². The molecule has 6 rings (SSSR count). The summed E-state index contributed by atoms with van der Waals surface area (Å²) in [6.07, 6.45) is 4.30. The van der Waals surface area contributed by atoms with Gasteiger partial charge in [-0.1, -0.05) is 48.0 Å². The molecule has 0 saturated heterocycles. The van der Waals surface area contributed by atoms with E-state index in [-0.39, 0.29) is 11.5 Å². The van der Waals surface area contributed by atoms with Crippen molar-refractivity contribution in [1.29, 1.82) is 0 Å². The third kappa shape index (κ3) is 4.87. The van der Waals surface area contributed by atoms with Crippen molar-refractivity contribution < 1.29 is 19.8 Å². The Kier molecular flexibility index (Phi) is 6.34. The van der Waals surface area contributed by atoms with E-state index < -0.39 is 5.97 Å². The number of aliphatic imine (C=N–C) groups is 1. The van der Waals surface area contributed by atoms with Gasteiger partial charge in [-0.25, -0.2) is 4.79 Å². The minimum Gasteiger partial charge on any atom is -0.478 e. The van der Waals surface area contributed by atoms with Gasteiger partial charge in [-0.2, -0.15) is 4.68 Å². The van der Waals surface area contributed by atoms with Crippen LogP contribution in [0.4, 0.5) is 5.69 Å². The monoisotopic (exact) mass is 537 g/mol. The molecule has 1 aliphatic rings. The first kappa shape index (κ1) is 24.4. The standard InChI is InChI=1S/C29H21ClN6O3/c30-22-9-11-27(35-17-31-33-34-35)23(15-22)21-8-10-28(36(39)16-21)24(12-18-4-2-1-3-5-18)26-13-19-6-7-20(29(37)38)14-25(19)32-26/h1-11,14-17,24H,12-13H2,(H-,37,38,39)/p+1/t24-/m1/s1. The maximum atomic E-state index is 11.5. The fraction of sp³-hybridized carbons (Fsp3) is 0.103. The quantitative estimate of drug-likeness (QED) is 0.226. The van der Waals surface area contributed by atoms with Crippen LogP contribution in [0.25, 0.3) is 16.8 Å². The highest BCUT2D eigenvalue weighted by Crippen LogP contribution is 2.35. The van der Waals surface area contributed by atoms with Crippen LogP contribution in [0.3, 0.4) is 0 Å². The number of carboxylic acid groups (broad SMARTS) is 1. The number of carbonyl (C=O) groups is 1. The first-order valence-electron chi connectivity index (χ1n) is 12.2. The Morgan fingerprint density at radius 1 is 1.05 bits per heavy atom. The summed E-state index contributed by atoms with van der Waals surface area (Å²) >= 11 is 6.32. The van der Waals surface area contributed by atoms with Crippen LogP contribution < -0.4 is 4.73 Å². The SMILES string of the molecule is O=C(O)c1ccc2c(c1)N=C([C@@H](Cc1ccccc1)c1ccc(-c3cc(Cl)ccc3-n3cnnn3)c[n+]1O)C2. The van der Waals surface area contributed by atoms with E-state index in [1.165, 1.54) is 11.0 Å². The van der Waals surface area contributed by atoms with Gasteiger partial charge in [-0.05, 0) is 64.4 Å². The number of aromatic nitrogens is 5. The summed E-state index contributed by atoms with van der Waals surface area (Å²) in [4.78, 5) is 16.3. The van der Waals surface area contributed by atoms with Crippen molar-refractivity contribution in [1.82, 2.24) is 20.2 Å². The van der Waals surface area contributed by atoms with Crippen LogP contribution >= 0.6 is 11.6 Å². The minimum absolute atomic E-state index is 0.194. The van der Waals surface area contributed by atoms with Crippen LogP contribution in [-0.4, -0.2) is 42.2 Å². The first-order valence-corrected chi connectivity index (χ1v) is 12.6. The van der Waals surface area contributed by atoms with Gasteiger partial charge < -0.3 is 5.11 Å². The fourth-order valence-corrected chi connectivity index (χ4v) is 5.10. The zero-order valence-electron chi connectivity index (χ0n) is 20.5. The number of pyridine rings is 1. The smallest absolute Gasteiger partial charge is 0.335 e. The highest BCUT2D eigenvalue weighted by atomic mass is 35.5. The molecule has 3 heterocycles. The van der Waals surface area contributed by atoms with Crippen molar-refractivity contribution in [2.75, 3.05) is 0 Å². The van der Waals surface area contributed by atoms with Crippen molar-refractivity contribution in [3.05, 3.63) is 119 Å².